The molecule has 1 aromatic carbocycles. The van der Waals surface area contributed by atoms with E-state index in [9.17, 15) is 13.2 Å². The number of anilines is 1. The van der Waals surface area contributed by atoms with Gasteiger partial charge < -0.3 is 9.73 Å². The predicted octanol–water partition coefficient (Wildman–Crippen LogP) is 3.12. The van der Waals surface area contributed by atoms with E-state index in [2.05, 4.69) is 20.3 Å². The van der Waals surface area contributed by atoms with Gasteiger partial charge in [-0.3, -0.25) is 9.78 Å². The fraction of sp³-hybridized carbons (Fsp3) is 0.0952. The van der Waals surface area contributed by atoms with Crippen LogP contribution >= 0.6 is 0 Å². The number of amides is 1. The first kappa shape index (κ1) is 20.2. The van der Waals surface area contributed by atoms with E-state index < -0.39 is 20.8 Å². The molecule has 0 saturated carbocycles. The van der Waals surface area contributed by atoms with Crippen LogP contribution in [0.3, 0.4) is 0 Å². The van der Waals surface area contributed by atoms with Gasteiger partial charge in [0.15, 0.2) is 20.4 Å². The normalized spacial score (nSPS) is 11.3. The number of carbonyl (C=O) groups excluding carboxylic acids is 1. The van der Waals surface area contributed by atoms with Crippen LogP contribution in [0, 0.1) is 18.3 Å². The molecule has 0 aliphatic carbocycles. The van der Waals surface area contributed by atoms with Crippen molar-refractivity contribution in [3.63, 3.8) is 0 Å². The number of aromatic nitrogens is 3. The third-order valence-electron chi connectivity index (χ3n) is 4.34. The number of fused-ring (bicyclic) bond motifs is 1. The molecule has 31 heavy (non-hydrogen) atoms. The summed E-state index contributed by atoms with van der Waals surface area (Å²) in [6.07, 6.45) is 5.42. The number of rotatable bonds is 4. The Morgan fingerprint density at radius 3 is 2.68 bits per heavy atom. The highest BCUT2D eigenvalue weighted by atomic mass is 32.2. The Morgan fingerprint density at radius 1 is 1.16 bits per heavy atom. The fourth-order valence-corrected chi connectivity index (χ4v) is 3.77. The zero-order valence-electron chi connectivity index (χ0n) is 16.4. The summed E-state index contributed by atoms with van der Waals surface area (Å²) in [6, 6.07) is 9.78. The Bertz CT molecular complexity index is 1490. The highest BCUT2D eigenvalue weighted by molar-refractivity contribution is 7.90. The summed E-state index contributed by atoms with van der Waals surface area (Å²) in [4.78, 5) is 25.1. The second-order valence-corrected chi connectivity index (χ2v) is 8.80. The van der Waals surface area contributed by atoms with Gasteiger partial charge in [-0.15, -0.1) is 0 Å². The van der Waals surface area contributed by atoms with Crippen molar-refractivity contribution in [2.45, 2.75) is 11.9 Å². The van der Waals surface area contributed by atoms with Crippen molar-refractivity contribution >= 4 is 32.5 Å². The van der Waals surface area contributed by atoms with E-state index >= 15 is 0 Å². The van der Waals surface area contributed by atoms with Crippen LogP contribution in [0.1, 0.15) is 21.5 Å². The molecule has 0 bridgehead atoms. The molecule has 0 spiro atoms. The SMILES string of the molecule is Cc1cncc(-c2nc3cc(NC(=O)c4cc(C#N)cnc4S(C)(=O)=O)ccc3o2)c1. The molecule has 1 N–H and O–H groups in total. The van der Waals surface area contributed by atoms with Crippen LogP contribution in [0.5, 0.6) is 0 Å². The molecule has 154 valence electrons. The van der Waals surface area contributed by atoms with Crippen LogP contribution < -0.4 is 5.32 Å². The van der Waals surface area contributed by atoms with E-state index in [4.69, 9.17) is 9.68 Å². The monoisotopic (exact) mass is 433 g/mol. The minimum atomic E-state index is -3.78. The Balaban J connectivity index is 1.68. The first-order valence-corrected chi connectivity index (χ1v) is 10.9. The molecular formula is C21H15N5O4S. The average molecular weight is 433 g/mol. The van der Waals surface area contributed by atoms with Gasteiger partial charge in [0.1, 0.15) is 11.6 Å². The second kappa shape index (κ2) is 7.62. The van der Waals surface area contributed by atoms with E-state index in [0.29, 0.717) is 22.7 Å². The first-order chi connectivity index (χ1) is 14.7. The molecule has 10 heteroatoms. The molecule has 0 atom stereocenters. The molecule has 3 heterocycles. The molecular weight excluding hydrogens is 418 g/mol. The lowest BCUT2D eigenvalue weighted by atomic mass is 10.2. The van der Waals surface area contributed by atoms with Crippen LogP contribution in [-0.2, 0) is 9.84 Å². The number of hydrogen-bond acceptors (Lipinski definition) is 8. The zero-order chi connectivity index (χ0) is 22.2. The molecule has 3 aromatic heterocycles. The van der Waals surface area contributed by atoms with E-state index in [0.717, 1.165) is 23.6 Å². The van der Waals surface area contributed by atoms with Crippen molar-refractivity contribution in [2.75, 3.05) is 11.6 Å². The Labute approximate surface area is 177 Å². The van der Waals surface area contributed by atoms with Crippen LogP contribution in [0.4, 0.5) is 5.69 Å². The predicted molar refractivity (Wildman–Crippen MR) is 112 cm³/mol. The van der Waals surface area contributed by atoms with Crippen molar-refractivity contribution in [3.05, 3.63) is 65.6 Å². The van der Waals surface area contributed by atoms with E-state index in [1.165, 1.54) is 6.07 Å². The minimum Gasteiger partial charge on any atom is -0.436 e. The molecule has 0 aliphatic heterocycles. The van der Waals surface area contributed by atoms with Crippen molar-refractivity contribution in [3.8, 4) is 17.5 Å². The van der Waals surface area contributed by atoms with Crippen LogP contribution in [0.2, 0.25) is 0 Å². The molecule has 0 saturated heterocycles. The van der Waals surface area contributed by atoms with Crippen LogP contribution in [0.15, 0.2) is 58.4 Å². The van der Waals surface area contributed by atoms with Crippen molar-refractivity contribution in [2.24, 2.45) is 0 Å². The number of hydrogen-bond donors (Lipinski definition) is 1. The smallest absolute Gasteiger partial charge is 0.258 e. The number of pyridine rings is 2. The van der Waals surface area contributed by atoms with Crippen LogP contribution in [0.25, 0.3) is 22.6 Å². The third kappa shape index (κ3) is 4.12. The first-order valence-electron chi connectivity index (χ1n) is 8.99. The summed E-state index contributed by atoms with van der Waals surface area (Å²) in [5, 5.41) is 11.3. The van der Waals surface area contributed by atoms with Gasteiger partial charge in [0.25, 0.3) is 5.91 Å². The summed E-state index contributed by atoms with van der Waals surface area (Å²) in [5.74, 6) is -0.323. The van der Waals surface area contributed by atoms with E-state index in [-0.39, 0.29) is 11.1 Å². The quantitative estimate of drug-likeness (QED) is 0.518. The van der Waals surface area contributed by atoms with Gasteiger partial charge in [-0.05, 0) is 42.8 Å². The van der Waals surface area contributed by atoms with Gasteiger partial charge in [-0.2, -0.15) is 5.26 Å². The molecule has 0 unspecified atom stereocenters. The molecule has 1 amide bonds. The zero-order valence-corrected chi connectivity index (χ0v) is 17.3. The van der Waals surface area contributed by atoms with Gasteiger partial charge in [0, 0.05) is 30.5 Å². The highest BCUT2D eigenvalue weighted by Crippen LogP contribution is 2.27. The third-order valence-corrected chi connectivity index (χ3v) is 5.37. The van der Waals surface area contributed by atoms with Crippen molar-refractivity contribution in [1.29, 1.82) is 5.26 Å². The molecule has 9 nitrogen and oxygen atoms in total. The number of benzene rings is 1. The van der Waals surface area contributed by atoms with Crippen molar-refractivity contribution in [1.82, 2.24) is 15.0 Å². The molecule has 0 fully saturated rings. The van der Waals surface area contributed by atoms with Crippen LogP contribution in [-0.4, -0.2) is 35.5 Å². The molecule has 4 rings (SSSR count). The second-order valence-electron chi connectivity index (χ2n) is 6.87. The maximum atomic E-state index is 12.8. The van der Waals surface area contributed by atoms with Gasteiger partial charge in [-0.25, -0.2) is 18.4 Å². The largest absolute Gasteiger partial charge is 0.436 e. The number of sulfone groups is 1. The molecule has 0 radical (unpaired) electrons. The summed E-state index contributed by atoms with van der Waals surface area (Å²) in [5.41, 5.74) is 2.93. The topological polar surface area (TPSA) is 139 Å². The summed E-state index contributed by atoms with van der Waals surface area (Å²) < 4.78 is 29.7. The summed E-state index contributed by atoms with van der Waals surface area (Å²) in [7, 11) is -3.78. The number of aryl methyl sites for hydroxylation is 1. The molecule has 4 aromatic rings. The van der Waals surface area contributed by atoms with Gasteiger partial charge in [-0.1, -0.05) is 0 Å². The number of nitrogens with one attached hydrogen (secondary N) is 1. The lowest BCUT2D eigenvalue weighted by Gasteiger charge is -2.08. The number of nitriles is 1. The number of nitrogens with zero attached hydrogens (tertiary/aromatic N) is 4. The van der Waals surface area contributed by atoms with E-state index in [1.54, 1.807) is 30.6 Å². The summed E-state index contributed by atoms with van der Waals surface area (Å²) in [6.45, 7) is 1.91. The standard InChI is InChI=1S/C21H15N5O4S/c1-12-5-14(11-23-9-12)20-26-17-7-15(3-4-18(17)30-20)25-19(27)16-6-13(8-22)10-24-21(16)31(2,28)29/h3-7,9-11H,1-2H3,(H,25,27). The minimum absolute atomic E-state index is 0.0703. The Morgan fingerprint density at radius 2 is 1.97 bits per heavy atom. The lowest BCUT2D eigenvalue weighted by Crippen LogP contribution is -2.17. The maximum absolute atomic E-state index is 12.8. The Hall–Kier alpha value is -4.10. The lowest BCUT2D eigenvalue weighted by molar-refractivity contribution is 0.102. The van der Waals surface area contributed by atoms with Gasteiger partial charge in [0.2, 0.25) is 5.89 Å². The van der Waals surface area contributed by atoms with E-state index in [1.807, 2.05) is 19.1 Å². The van der Waals surface area contributed by atoms with Gasteiger partial charge in [0.05, 0.1) is 16.7 Å². The molecule has 0 aliphatic rings. The Kier molecular flexibility index (Phi) is 4.96. The maximum Gasteiger partial charge on any atom is 0.258 e. The fourth-order valence-electron chi connectivity index (χ4n) is 2.97. The van der Waals surface area contributed by atoms with Gasteiger partial charge >= 0.3 is 0 Å². The average Bonchev–Trinajstić information content (AvgIpc) is 3.16. The number of oxazole rings is 1. The highest BCUT2D eigenvalue weighted by Gasteiger charge is 2.22. The summed E-state index contributed by atoms with van der Waals surface area (Å²) >= 11 is 0. The van der Waals surface area contributed by atoms with Crippen molar-refractivity contribution < 1.29 is 17.6 Å². The number of carbonyl (C=O) groups is 1.